The zero-order chi connectivity index (χ0) is 14.8. The maximum absolute atomic E-state index is 12.0. The molecule has 0 amide bonds. The molecule has 0 aromatic carbocycles. The predicted octanol–water partition coefficient (Wildman–Crippen LogP) is 2.57. The van der Waals surface area contributed by atoms with Crippen LogP contribution in [0.5, 0.6) is 0 Å². The highest BCUT2D eigenvalue weighted by molar-refractivity contribution is 8.00. The molecule has 0 aliphatic heterocycles. The monoisotopic (exact) mass is 316 g/mol. The second kappa shape index (κ2) is 6.04. The van der Waals surface area contributed by atoms with Crippen molar-refractivity contribution in [2.24, 2.45) is 0 Å². The Labute approximate surface area is 116 Å². The Morgan fingerprint density at radius 3 is 2.42 bits per heavy atom. The van der Waals surface area contributed by atoms with Gasteiger partial charge in [0.2, 0.25) is 0 Å². The second-order valence-electron chi connectivity index (χ2n) is 4.06. The molecule has 1 aromatic rings. The third kappa shape index (κ3) is 4.31. The molecule has 19 heavy (non-hydrogen) atoms. The summed E-state index contributed by atoms with van der Waals surface area (Å²) in [5.74, 6) is -0.649. The number of aromatic nitrogens is 2. The van der Waals surface area contributed by atoms with Crippen LogP contribution in [0.4, 0.5) is 13.2 Å². The highest BCUT2D eigenvalue weighted by Crippen LogP contribution is 2.29. The number of H-pyrrole nitrogens is 1. The van der Waals surface area contributed by atoms with Crippen molar-refractivity contribution >= 4 is 23.4 Å². The molecule has 0 spiro atoms. The SMILES string of the molecule is CC(C)c1c(Cl)[nH]c(=O)n(CCSC(F)(F)F)c1=O. The first-order chi connectivity index (χ1) is 8.63. The molecule has 1 N–H and O–H groups in total. The summed E-state index contributed by atoms with van der Waals surface area (Å²) in [6.07, 6.45) is 0. The molecule has 0 saturated carbocycles. The minimum atomic E-state index is -4.39. The van der Waals surface area contributed by atoms with Crippen LogP contribution in [0, 0.1) is 0 Å². The van der Waals surface area contributed by atoms with Crippen molar-refractivity contribution in [1.29, 1.82) is 0 Å². The maximum atomic E-state index is 12.0. The molecule has 0 atom stereocenters. The highest BCUT2D eigenvalue weighted by Gasteiger charge is 2.28. The van der Waals surface area contributed by atoms with E-state index in [9.17, 15) is 22.8 Å². The molecular formula is C10H12ClF3N2O2S. The summed E-state index contributed by atoms with van der Waals surface area (Å²) in [4.78, 5) is 25.8. The normalized spacial score (nSPS) is 12.2. The van der Waals surface area contributed by atoms with Gasteiger partial charge in [0.05, 0.1) is 5.56 Å². The number of hydrogen-bond acceptors (Lipinski definition) is 3. The van der Waals surface area contributed by atoms with Gasteiger partial charge in [-0.3, -0.25) is 14.3 Å². The van der Waals surface area contributed by atoms with Crippen molar-refractivity contribution in [3.8, 4) is 0 Å². The number of hydrogen-bond donors (Lipinski definition) is 1. The van der Waals surface area contributed by atoms with Crippen LogP contribution in [-0.4, -0.2) is 20.8 Å². The fraction of sp³-hybridized carbons (Fsp3) is 0.600. The summed E-state index contributed by atoms with van der Waals surface area (Å²) in [6.45, 7) is 3.08. The molecule has 1 heterocycles. The van der Waals surface area contributed by atoms with Gasteiger partial charge < -0.3 is 0 Å². The van der Waals surface area contributed by atoms with Crippen LogP contribution in [0.1, 0.15) is 25.3 Å². The summed E-state index contributed by atoms with van der Waals surface area (Å²) < 4.78 is 36.7. The molecule has 0 fully saturated rings. The molecule has 1 aromatic heterocycles. The molecule has 0 radical (unpaired) electrons. The lowest BCUT2D eigenvalue weighted by atomic mass is 10.1. The van der Waals surface area contributed by atoms with E-state index >= 15 is 0 Å². The average Bonchev–Trinajstić information content (AvgIpc) is 2.20. The average molecular weight is 317 g/mol. The van der Waals surface area contributed by atoms with Crippen LogP contribution >= 0.6 is 23.4 Å². The van der Waals surface area contributed by atoms with Gasteiger partial charge in [-0.1, -0.05) is 25.4 Å². The zero-order valence-corrected chi connectivity index (χ0v) is 11.7. The van der Waals surface area contributed by atoms with Gasteiger partial charge in [0, 0.05) is 12.3 Å². The largest absolute Gasteiger partial charge is 0.441 e. The van der Waals surface area contributed by atoms with E-state index in [1.54, 1.807) is 13.8 Å². The Morgan fingerprint density at radius 2 is 1.95 bits per heavy atom. The molecule has 9 heteroatoms. The van der Waals surface area contributed by atoms with Crippen molar-refractivity contribution in [2.45, 2.75) is 31.8 Å². The van der Waals surface area contributed by atoms with Gasteiger partial charge in [-0.05, 0) is 17.7 Å². The Kier molecular flexibility index (Phi) is 5.14. The van der Waals surface area contributed by atoms with E-state index in [2.05, 4.69) is 4.98 Å². The molecule has 0 unspecified atom stereocenters. The van der Waals surface area contributed by atoms with E-state index in [1.165, 1.54) is 0 Å². The van der Waals surface area contributed by atoms with Crippen molar-refractivity contribution in [2.75, 3.05) is 5.75 Å². The highest BCUT2D eigenvalue weighted by atomic mass is 35.5. The van der Waals surface area contributed by atoms with Crippen molar-refractivity contribution < 1.29 is 13.2 Å². The first kappa shape index (κ1) is 16.2. The number of alkyl halides is 3. The van der Waals surface area contributed by atoms with E-state index in [-0.39, 0.29) is 34.9 Å². The smallest absolute Gasteiger partial charge is 0.297 e. The van der Waals surface area contributed by atoms with Crippen LogP contribution in [0.2, 0.25) is 5.15 Å². The number of halogens is 4. The molecule has 0 aliphatic carbocycles. The summed E-state index contributed by atoms with van der Waals surface area (Å²) in [5, 5.41) is -0.0651. The van der Waals surface area contributed by atoms with Gasteiger partial charge in [-0.25, -0.2) is 4.79 Å². The molecule has 0 saturated heterocycles. The molecule has 1 rings (SSSR count). The van der Waals surface area contributed by atoms with Crippen molar-refractivity contribution in [1.82, 2.24) is 9.55 Å². The minimum Gasteiger partial charge on any atom is -0.297 e. The molecular weight excluding hydrogens is 305 g/mol. The summed E-state index contributed by atoms with van der Waals surface area (Å²) in [7, 11) is 0. The molecule has 4 nitrogen and oxygen atoms in total. The van der Waals surface area contributed by atoms with Crippen LogP contribution in [0.15, 0.2) is 9.59 Å². The minimum absolute atomic E-state index is 0.0651. The van der Waals surface area contributed by atoms with E-state index < -0.39 is 22.5 Å². The molecule has 108 valence electrons. The van der Waals surface area contributed by atoms with Gasteiger partial charge in [-0.15, -0.1) is 0 Å². The van der Waals surface area contributed by atoms with Crippen molar-refractivity contribution in [3.05, 3.63) is 31.6 Å². The fourth-order valence-electron chi connectivity index (χ4n) is 1.52. The first-order valence-electron chi connectivity index (χ1n) is 5.36. The predicted molar refractivity (Wildman–Crippen MR) is 68.9 cm³/mol. The van der Waals surface area contributed by atoms with Gasteiger partial charge in [0.25, 0.3) is 5.56 Å². The lowest BCUT2D eigenvalue weighted by Gasteiger charge is -2.11. The number of aromatic amines is 1. The lowest BCUT2D eigenvalue weighted by molar-refractivity contribution is -0.0328. The Morgan fingerprint density at radius 1 is 1.37 bits per heavy atom. The summed E-state index contributed by atoms with van der Waals surface area (Å²) in [5.41, 5.74) is -5.64. The van der Waals surface area contributed by atoms with Gasteiger partial charge in [0.15, 0.2) is 0 Å². The number of nitrogens with zero attached hydrogens (tertiary/aromatic N) is 1. The number of rotatable bonds is 4. The first-order valence-corrected chi connectivity index (χ1v) is 6.73. The fourth-order valence-corrected chi connectivity index (χ4v) is 2.40. The van der Waals surface area contributed by atoms with E-state index in [1.807, 2.05) is 0 Å². The Bertz CT molecular complexity index is 565. The Hall–Kier alpha value is -0.890. The third-order valence-corrected chi connectivity index (χ3v) is 3.34. The molecule has 0 bridgehead atoms. The quantitative estimate of drug-likeness (QED) is 0.869. The van der Waals surface area contributed by atoms with E-state index in [0.717, 1.165) is 4.57 Å². The van der Waals surface area contributed by atoms with Gasteiger partial charge >= 0.3 is 11.2 Å². The lowest BCUT2D eigenvalue weighted by Crippen LogP contribution is -2.38. The molecule has 0 aliphatic rings. The van der Waals surface area contributed by atoms with E-state index in [0.29, 0.717) is 0 Å². The van der Waals surface area contributed by atoms with E-state index in [4.69, 9.17) is 11.6 Å². The van der Waals surface area contributed by atoms with Crippen molar-refractivity contribution in [3.63, 3.8) is 0 Å². The standard InChI is InChI=1S/C10H12ClF3N2O2S/c1-5(2)6-7(11)15-9(18)16(8(6)17)3-4-19-10(12,13)14/h5H,3-4H2,1-2H3,(H,15,18). The number of thioether (sulfide) groups is 1. The Balaban J connectivity index is 3.06. The van der Waals surface area contributed by atoms with Crippen LogP contribution in [-0.2, 0) is 6.54 Å². The topological polar surface area (TPSA) is 54.9 Å². The maximum Gasteiger partial charge on any atom is 0.441 e. The third-order valence-electron chi connectivity index (χ3n) is 2.33. The van der Waals surface area contributed by atoms with Crippen LogP contribution in [0.25, 0.3) is 0 Å². The van der Waals surface area contributed by atoms with Gasteiger partial charge in [0.1, 0.15) is 5.15 Å². The zero-order valence-electron chi connectivity index (χ0n) is 10.2. The summed E-state index contributed by atoms with van der Waals surface area (Å²) in [6, 6.07) is 0. The van der Waals surface area contributed by atoms with Gasteiger partial charge in [-0.2, -0.15) is 13.2 Å². The second-order valence-corrected chi connectivity index (χ2v) is 5.60. The summed E-state index contributed by atoms with van der Waals surface area (Å²) >= 11 is 5.47. The van der Waals surface area contributed by atoms with Crippen LogP contribution < -0.4 is 11.2 Å². The number of nitrogens with one attached hydrogen (secondary N) is 1. The van der Waals surface area contributed by atoms with Crippen LogP contribution in [0.3, 0.4) is 0 Å².